The van der Waals surface area contributed by atoms with Crippen molar-refractivity contribution in [3.8, 4) is 0 Å². The largest absolute Gasteiger partial charge is 0.467 e. The van der Waals surface area contributed by atoms with E-state index in [1.165, 1.54) is 14.0 Å². The Labute approximate surface area is 239 Å². The summed E-state index contributed by atoms with van der Waals surface area (Å²) in [6.45, 7) is 2.05. The van der Waals surface area contributed by atoms with Gasteiger partial charge in [0.2, 0.25) is 6.29 Å². The Bertz CT molecular complexity index is 1210. The van der Waals surface area contributed by atoms with Crippen molar-refractivity contribution in [3.63, 3.8) is 0 Å². The maximum absolute atomic E-state index is 12.5. The van der Waals surface area contributed by atoms with Crippen LogP contribution < -0.4 is 0 Å². The molecule has 0 amide bonds. The summed E-state index contributed by atoms with van der Waals surface area (Å²) >= 11 is 0. The number of hydrogen-bond acceptors (Lipinski definition) is 9. The molecular weight excluding hydrogens is 530 g/mol. The van der Waals surface area contributed by atoms with Gasteiger partial charge in [-0.05, 0) is 23.6 Å². The van der Waals surface area contributed by atoms with Crippen molar-refractivity contribution < 1.29 is 38.1 Å². The average molecular weight is 566 g/mol. The molecule has 10 heteroatoms. The molecule has 0 aromatic heterocycles. The lowest BCUT2D eigenvalue weighted by atomic mass is 9.96. The summed E-state index contributed by atoms with van der Waals surface area (Å²) < 4.78 is 35.2. The normalized spacial score (nSPS) is 23.0. The fourth-order valence-electron chi connectivity index (χ4n) is 4.58. The van der Waals surface area contributed by atoms with E-state index < -0.39 is 47.6 Å². The van der Waals surface area contributed by atoms with Gasteiger partial charge in [-0.25, -0.2) is 4.79 Å². The Morgan fingerprint density at radius 1 is 0.829 bits per heavy atom. The van der Waals surface area contributed by atoms with Crippen molar-refractivity contribution in [1.82, 2.24) is 0 Å². The minimum absolute atomic E-state index is 0.0381. The standard InChI is InChI=1S/C31H35NO9/c1-22(30(33)36-2)40-31-27(32(34)35)29(39-20-25-16-10-5-11-17-25)28(38-19-24-14-8-4-9-15-24)26(41-31)21-37-18-23-12-6-3-7-13-23/h3-17,22,26-29,31H,18-21H2,1-2H3/t22-,26-,27-,28+,29-,31-/m1/s1. The molecule has 1 heterocycles. The number of methoxy groups -OCH3 is 1. The second-order valence-corrected chi connectivity index (χ2v) is 9.64. The first-order valence-corrected chi connectivity index (χ1v) is 13.4. The summed E-state index contributed by atoms with van der Waals surface area (Å²) in [7, 11) is 1.22. The van der Waals surface area contributed by atoms with Crippen molar-refractivity contribution in [3.05, 3.63) is 118 Å². The molecule has 1 aliphatic rings. The van der Waals surface area contributed by atoms with E-state index in [0.29, 0.717) is 6.61 Å². The molecule has 0 radical (unpaired) electrons. The second-order valence-electron chi connectivity index (χ2n) is 9.64. The number of rotatable bonds is 14. The Hall–Kier alpha value is -3.67. The molecule has 3 aromatic carbocycles. The van der Waals surface area contributed by atoms with Crippen LogP contribution in [0, 0.1) is 10.1 Å². The molecule has 6 atom stereocenters. The number of carbonyl (C=O) groups is 1. The Kier molecular flexibility index (Phi) is 11.4. The van der Waals surface area contributed by atoms with Gasteiger partial charge in [0.05, 0.1) is 33.5 Å². The monoisotopic (exact) mass is 565 g/mol. The SMILES string of the molecule is COC(=O)[C@@H](C)O[C@@H]1O[C@H](COCc2ccccc2)[C@H](OCc2ccccc2)[C@H](OCc2ccccc2)[C@H]1[N+](=O)[O-]. The molecule has 41 heavy (non-hydrogen) atoms. The maximum atomic E-state index is 12.5. The third-order valence-corrected chi connectivity index (χ3v) is 6.69. The highest BCUT2D eigenvalue weighted by Gasteiger charge is 2.55. The highest BCUT2D eigenvalue weighted by molar-refractivity contribution is 5.73. The lowest BCUT2D eigenvalue weighted by Gasteiger charge is -2.42. The maximum Gasteiger partial charge on any atom is 0.334 e. The zero-order valence-electron chi connectivity index (χ0n) is 23.1. The molecule has 4 rings (SSSR count). The van der Waals surface area contributed by atoms with Crippen molar-refractivity contribution in [1.29, 1.82) is 0 Å². The summed E-state index contributed by atoms with van der Waals surface area (Å²) in [6.07, 6.45) is -5.34. The van der Waals surface area contributed by atoms with Crippen LogP contribution in [0.15, 0.2) is 91.0 Å². The fourth-order valence-corrected chi connectivity index (χ4v) is 4.58. The molecule has 0 bridgehead atoms. The van der Waals surface area contributed by atoms with Crippen LogP contribution in [-0.4, -0.2) is 61.4 Å². The Balaban J connectivity index is 1.62. The predicted octanol–water partition coefficient (Wildman–Crippen LogP) is 4.32. The van der Waals surface area contributed by atoms with E-state index in [-0.39, 0.29) is 19.8 Å². The highest BCUT2D eigenvalue weighted by Crippen LogP contribution is 2.31. The minimum atomic E-state index is -1.50. The van der Waals surface area contributed by atoms with E-state index in [9.17, 15) is 14.9 Å². The topological polar surface area (TPSA) is 116 Å². The third kappa shape index (κ3) is 8.66. The Morgan fingerprint density at radius 2 is 1.32 bits per heavy atom. The van der Waals surface area contributed by atoms with Gasteiger partial charge in [0, 0.05) is 4.92 Å². The van der Waals surface area contributed by atoms with E-state index in [0.717, 1.165) is 16.7 Å². The van der Waals surface area contributed by atoms with Crippen molar-refractivity contribution >= 4 is 5.97 Å². The first-order chi connectivity index (χ1) is 20.0. The van der Waals surface area contributed by atoms with E-state index in [1.54, 1.807) is 0 Å². The average Bonchev–Trinajstić information content (AvgIpc) is 3.00. The van der Waals surface area contributed by atoms with Crippen LogP contribution in [0.2, 0.25) is 0 Å². The lowest BCUT2D eigenvalue weighted by Crippen LogP contribution is -2.64. The molecule has 0 saturated carbocycles. The summed E-state index contributed by atoms with van der Waals surface area (Å²) in [4.78, 5) is 24.1. The number of benzene rings is 3. The zero-order chi connectivity index (χ0) is 29.0. The molecule has 218 valence electrons. The molecule has 10 nitrogen and oxygen atoms in total. The van der Waals surface area contributed by atoms with Crippen LogP contribution >= 0.6 is 0 Å². The van der Waals surface area contributed by atoms with Gasteiger partial charge < -0.3 is 28.4 Å². The summed E-state index contributed by atoms with van der Waals surface area (Å²) in [6, 6.07) is 26.9. The van der Waals surface area contributed by atoms with Gasteiger partial charge in [0.25, 0.3) is 6.04 Å². The number of nitrogens with zero attached hydrogens (tertiary/aromatic N) is 1. The van der Waals surface area contributed by atoms with Crippen LogP contribution in [0.1, 0.15) is 23.6 Å². The molecule has 0 unspecified atom stereocenters. The van der Waals surface area contributed by atoms with Crippen LogP contribution in [0.5, 0.6) is 0 Å². The summed E-state index contributed by atoms with van der Waals surface area (Å²) in [5.74, 6) is -0.684. The second kappa shape index (κ2) is 15.4. The summed E-state index contributed by atoms with van der Waals surface area (Å²) in [5, 5.41) is 12.5. The number of nitro groups is 1. The highest BCUT2D eigenvalue weighted by atomic mass is 16.7. The molecule has 0 spiro atoms. The van der Waals surface area contributed by atoms with E-state index in [2.05, 4.69) is 0 Å². The van der Waals surface area contributed by atoms with Gasteiger partial charge in [-0.15, -0.1) is 0 Å². The van der Waals surface area contributed by atoms with Gasteiger partial charge in [0.15, 0.2) is 12.2 Å². The predicted molar refractivity (Wildman–Crippen MR) is 148 cm³/mol. The fraction of sp³-hybridized carbons (Fsp3) is 0.387. The van der Waals surface area contributed by atoms with Crippen LogP contribution in [0.25, 0.3) is 0 Å². The van der Waals surface area contributed by atoms with Gasteiger partial charge in [-0.3, -0.25) is 10.1 Å². The van der Waals surface area contributed by atoms with Crippen LogP contribution in [0.3, 0.4) is 0 Å². The first kappa shape index (κ1) is 30.3. The molecule has 0 aliphatic carbocycles. The van der Waals surface area contributed by atoms with Crippen molar-refractivity contribution in [2.45, 2.75) is 63.5 Å². The van der Waals surface area contributed by atoms with Gasteiger partial charge in [-0.1, -0.05) is 91.0 Å². The molecule has 3 aromatic rings. The molecule has 1 fully saturated rings. The molecule has 1 aliphatic heterocycles. The van der Waals surface area contributed by atoms with Gasteiger partial charge in [0.1, 0.15) is 12.2 Å². The smallest absolute Gasteiger partial charge is 0.334 e. The number of carbonyl (C=O) groups excluding carboxylic acids is 1. The van der Waals surface area contributed by atoms with E-state index >= 15 is 0 Å². The lowest BCUT2D eigenvalue weighted by molar-refractivity contribution is -0.577. The third-order valence-electron chi connectivity index (χ3n) is 6.69. The Morgan fingerprint density at radius 3 is 1.80 bits per heavy atom. The summed E-state index contributed by atoms with van der Waals surface area (Å²) in [5.41, 5.74) is 2.67. The van der Waals surface area contributed by atoms with Crippen LogP contribution in [-0.2, 0) is 53.0 Å². The van der Waals surface area contributed by atoms with Crippen molar-refractivity contribution in [2.24, 2.45) is 0 Å². The quantitative estimate of drug-likeness (QED) is 0.160. The van der Waals surface area contributed by atoms with Gasteiger partial charge in [-0.2, -0.15) is 0 Å². The number of esters is 1. The zero-order valence-corrected chi connectivity index (χ0v) is 23.1. The molecular formula is C31H35NO9. The van der Waals surface area contributed by atoms with Gasteiger partial charge >= 0.3 is 5.97 Å². The first-order valence-electron chi connectivity index (χ1n) is 13.4. The number of ether oxygens (including phenoxy) is 6. The molecule has 0 N–H and O–H groups in total. The number of hydrogen-bond donors (Lipinski definition) is 0. The van der Waals surface area contributed by atoms with E-state index in [4.69, 9.17) is 28.4 Å². The van der Waals surface area contributed by atoms with Crippen LogP contribution in [0.4, 0.5) is 0 Å². The van der Waals surface area contributed by atoms with Crippen molar-refractivity contribution in [2.75, 3.05) is 13.7 Å². The van der Waals surface area contributed by atoms with E-state index in [1.807, 2.05) is 91.0 Å². The molecule has 1 saturated heterocycles. The minimum Gasteiger partial charge on any atom is -0.467 e.